The maximum Gasteiger partial charge on any atom is 0.161 e. The highest BCUT2D eigenvalue weighted by molar-refractivity contribution is 5.47. The largest absolute Gasteiger partial charge is 1.00 e. The normalized spacial score (nSPS) is 23.5. The number of methoxy groups -OCH3 is 2. The first-order chi connectivity index (χ1) is 9.81. The van der Waals surface area contributed by atoms with Crippen LogP contribution < -0.4 is 44.5 Å². The van der Waals surface area contributed by atoms with Gasteiger partial charge in [-0.25, -0.2) is 0 Å². The number of fused-ring (bicyclic) bond motifs is 1. The number of nitrogens with two attached hydrogens (primary N) is 1. The second-order valence-corrected chi connectivity index (χ2v) is 5.96. The first kappa shape index (κ1) is 19.4. The van der Waals surface area contributed by atoms with Crippen LogP contribution in [0.2, 0.25) is 0 Å². The molecule has 4 nitrogen and oxygen atoms in total. The van der Waals surface area contributed by atoms with Crippen molar-refractivity contribution in [2.75, 3.05) is 33.9 Å². The van der Waals surface area contributed by atoms with E-state index < -0.39 is 0 Å². The van der Waals surface area contributed by atoms with Crippen molar-refractivity contribution in [3.05, 3.63) is 23.3 Å². The Balaban J connectivity index is 0.00000121. The highest BCUT2D eigenvalue weighted by atomic mass is 35.5. The summed E-state index contributed by atoms with van der Waals surface area (Å²) in [5.74, 6) is 1.73. The van der Waals surface area contributed by atoms with Crippen molar-refractivity contribution in [3.63, 3.8) is 0 Å². The van der Waals surface area contributed by atoms with Crippen LogP contribution in [0.3, 0.4) is 0 Å². The average Bonchev–Trinajstić information content (AvgIpc) is 2.53. The summed E-state index contributed by atoms with van der Waals surface area (Å²) in [6, 6.07) is 5.17. The Labute approximate surface area is 145 Å². The third-order valence-corrected chi connectivity index (χ3v) is 4.83. The molecule has 3 N–H and O–H groups in total. The first-order valence-electron chi connectivity index (χ1n) is 7.72. The number of halogens is 2. The smallest absolute Gasteiger partial charge is 0.161 e. The topological polar surface area (TPSA) is 39.5 Å². The van der Waals surface area contributed by atoms with Crippen molar-refractivity contribution in [3.8, 4) is 11.5 Å². The van der Waals surface area contributed by atoms with Gasteiger partial charge in [0.25, 0.3) is 0 Å². The lowest BCUT2D eigenvalue weighted by atomic mass is 9.96. The summed E-state index contributed by atoms with van der Waals surface area (Å²) < 4.78 is 10.9. The molecule has 0 saturated carbocycles. The van der Waals surface area contributed by atoms with Gasteiger partial charge < -0.3 is 44.5 Å². The van der Waals surface area contributed by atoms with Gasteiger partial charge in [0.15, 0.2) is 11.5 Å². The van der Waals surface area contributed by atoms with Gasteiger partial charge in [-0.05, 0) is 17.7 Å². The first-order valence-corrected chi connectivity index (χ1v) is 7.72. The lowest BCUT2D eigenvalue weighted by Gasteiger charge is -2.33. The number of hydrogen-bond donors (Lipinski definition) is 2. The summed E-state index contributed by atoms with van der Waals surface area (Å²) in [6.07, 6.45) is 3.91. The zero-order valence-electron chi connectivity index (χ0n) is 13.3. The van der Waals surface area contributed by atoms with Crippen molar-refractivity contribution in [1.82, 2.24) is 0 Å². The van der Waals surface area contributed by atoms with Gasteiger partial charge in [-0.2, -0.15) is 0 Å². The number of rotatable bonds is 3. The predicted molar refractivity (Wildman–Crippen MR) is 77.5 cm³/mol. The van der Waals surface area contributed by atoms with Crippen LogP contribution >= 0.6 is 0 Å². The molecule has 1 saturated heterocycles. The lowest BCUT2D eigenvalue weighted by Crippen LogP contribution is -3.19. The number of benzene rings is 1. The van der Waals surface area contributed by atoms with Crippen LogP contribution in [0.25, 0.3) is 0 Å². The zero-order valence-corrected chi connectivity index (χ0v) is 14.8. The molecule has 0 aliphatic carbocycles. The van der Waals surface area contributed by atoms with Crippen LogP contribution in [0, 0.1) is 0 Å². The van der Waals surface area contributed by atoms with Gasteiger partial charge in [-0.1, -0.05) is 0 Å². The van der Waals surface area contributed by atoms with Crippen LogP contribution in [-0.2, 0) is 13.0 Å². The van der Waals surface area contributed by atoms with E-state index in [1.54, 1.807) is 19.1 Å². The highest BCUT2D eigenvalue weighted by Gasteiger charge is 2.30. The van der Waals surface area contributed by atoms with E-state index in [2.05, 4.69) is 17.4 Å². The molecule has 3 rings (SSSR count). The van der Waals surface area contributed by atoms with E-state index in [0.29, 0.717) is 0 Å². The van der Waals surface area contributed by atoms with Crippen molar-refractivity contribution in [2.45, 2.75) is 31.8 Å². The SMILES string of the molecule is COc1cc2c(cc1OC)C[NH+](C1CCC[NH2+]C1)CC2.[Cl-].[Cl-]. The van der Waals surface area contributed by atoms with Crippen molar-refractivity contribution < 1.29 is 44.5 Å². The van der Waals surface area contributed by atoms with Crippen LogP contribution in [-0.4, -0.2) is 39.9 Å². The van der Waals surface area contributed by atoms with E-state index >= 15 is 0 Å². The maximum absolute atomic E-state index is 5.44. The fraction of sp³-hybridized carbons (Fsp3) is 0.625. The summed E-state index contributed by atoms with van der Waals surface area (Å²) >= 11 is 0. The standard InChI is InChI=1S/C16H24N2O2.2ClH/c1-19-15-8-12-5-7-18(14-4-3-6-17-10-14)11-13(12)9-16(15)20-2;;/h8-9,14,17H,3-7,10-11H2,1-2H3;2*1H. The molecule has 0 radical (unpaired) electrons. The van der Waals surface area contributed by atoms with E-state index in [4.69, 9.17) is 9.47 Å². The number of quaternary nitrogens is 2. The van der Waals surface area contributed by atoms with Crippen LogP contribution in [0.1, 0.15) is 24.0 Å². The van der Waals surface area contributed by atoms with Crippen LogP contribution in [0.5, 0.6) is 11.5 Å². The lowest BCUT2D eigenvalue weighted by molar-refractivity contribution is -0.956. The molecule has 1 aromatic rings. The van der Waals surface area contributed by atoms with Crippen molar-refractivity contribution in [1.29, 1.82) is 0 Å². The molecule has 0 bridgehead atoms. The van der Waals surface area contributed by atoms with Gasteiger partial charge in [-0.15, -0.1) is 0 Å². The second kappa shape index (κ2) is 8.82. The van der Waals surface area contributed by atoms with Crippen LogP contribution in [0.4, 0.5) is 0 Å². The number of nitrogens with one attached hydrogen (secondary N) is 1. The molecule has 2 aliphatic rings. The molecule has 2 aliphatic heterocycles. The van der Waals surface area contributed by atoms with Gasteiger partial charge in [0, 0.05) is 24.8 Å². The Kier molecular flexibility index (Phi) is 7.77. The molecule has 0 amide bonds. The summed E-state index contributed by atoms with van der Waals surface area (Å²) in [5.41, 5.74) is 2.88. The van der Waals surface area contributed by atoms with E-state index in [0.717, 1.165) is 30.5 Å². The Hall–Kier alpha value is -0.680. The Morgan fingerprint density at radius 3 is 2.36 bits per heavy atom. The summed E-state index contributed by atoms with van der Waals surface area (Å²) in [5, 5.41) is 2.48. The molecule has 1 aromatic carbocycles. The van der Waals surface area contributed by atoms with Gasteiger partial charge in [0.05, 0.1) is 27.3 Å². The third-order valence-electron chi connectivity index (χ3n) is 4.83. The van der Waals surface area contributed by atoms with Gasteiger partial charge in [-0.3, -0.25) is 0 Å². The minimum Gasteiger partial charge on any atom is -1.00 e. The van der Waals surface area contributed by atoms with Crippen molar-refractivity contribution >= 4 is 0 Å². The Morgan fingerprint density at radius 2 is 1.77 bits per heavy atom. The number of piperidine rings is 1. The molecule has 1 fully saturated rings. The van der Waals surface area contributed by atoms with E-state index in [-0.39, 0.29) is 24.8 Å². The molecule has 2 atom stereocenters. The minimum absolute atomic E-state index is 0. The highest BCUT2D eigenvalue weighted by Crippen LogP contribution is 2.31. The third kappa shape index (κ3) is 3.99. The van der Waals surface area contributed by atoms with Gasteiger partial charge >= 0.3 is 0 Å². The molecule has 126 valence electrons. The molecular formula is C16H26Cl2N2O2. The van der Waals surface area contributed by atoms with Crippen LogP contribution in [0.15, 0.2) is 12.1 Å². The second-order valence-electron chi connectivity index (χ2n) is 5.96. The minimum atomic E-state index is 0. The quantitative estimate of drug-likeness (QED) is 0.570. The van der Waals surface area contributed by atoms with E-state index in [9.17, 15) is 0 Å². The van der Waals surface area contributed by atoms with E-state index in [1.807, 2.05) is 0 Å². The predicted octanol–water partition coefficient (Wildman–Crippen LogP) is -6.62. The van der Waals surface area contributed by atoms with E-state index in [1.165, 1.54) is 43.6 Å². The number of hydrogen-bond acceptors (Lipinski definition) is 2. The fourth-order valence-electron chi connectivity index (χ4n) is 3.65. The average molecular weight is 349 g/mol. The Bertz CT molecular complexity index is 479. The molecule has 2 heterocycles. The van der Waals surface area contributed by atoms with Gasteiger partial charge in [0.2, 0.25) is 0 Å². The molecule has 22 heavy (non-hydrogen) atoms. The molecular weight excluding hydrogens is 323 g/mol. The number of ether oxygens (including phenoxy) is 2. The monoisotopic (exact) mass is 348 g/mol. The summed E-state index contributed by atoms with van der Waals surface area (Å²) in [6.45, 7) is 4.98. The zero-order chi connectivity index (χ0) is 13.9. The maximum atomic E-state index is 5.44. The summed E-state index contributed by atoms with van der Waals surface area (Å²) in [4.78, 5) is 1.75. The molecule has 0 spiro atoms. The molecule has 2 unspecified atom stereocenters. The van der Waals surface area contributed by atoms with Gasteiger partial charge in [0.1, 0.15) is 19.1 Å². The Morgan fingerprint density at radius 1 is 1.09 bits per heavy atom. The fourth-order valence-corrected chi connectivity index (χ4v) is 3.65. The summed E-state index contributed by atoms with van der Waals surface area (Å²) in [7, 11) is 3.43. The molecule has 6 heteroatoms. The van der Waals surface area contributed by atoms with Crippen molar-refractivity contribution in [2.24, 2.45) is 0 Å². The molecule has 0 aromatic heterocycles.